The molecule has 0 saturated carbocycles. The molecule has 6 heteroatoms. The van der Waals surface area contributed by atoms with Gasteiger partial charge in [0.1, 0.15) is 5.82 Å². The highest BCUT2D eigenvalue weighted by molar-refractivity contribution is 6.01. The first kappa shape index (κ1) is 20.3. The van der Waals surface area contributed by atoms with Crippen molar-refractivity contribution in [2.24, 2.45) is 5.92 Å². The summed E-state index contributed by atoms with van der Waals surface area (Å²) in [5.74, 6) is -1.82. The van der Waals surface area contributed by atoms with E-state index in [0.29, 0.717) is 11.3 Å². The number of hydrogen-bond acceptors (Lipinski definition) is 4. The molecule has 0 radical (unpaired) electrons. The summed E-state index contributed by atoms with van der Waals surface area (Å²) in [7, 11) is 0. The minimum atomic E-state index is -1.000. The molecule has 1 amide bonds. The topological polar surface area (TPSA) is 72.5 Å². The zero-order chi connectivity index (χ0) is 20.0. The van der Waals surface area contributed by atoms with Crippen molar-refractivity contribution in [2.45, 2.75) is 33.3 Å². The molecule has 142 valence electrons. The smallest absolute Gasteiger partial charge is 0.311 e. The molecule has 0 fully saturated rings. The van der Waals surface area contributed by atoms with E-state index in [1.54, 1.807) is 44.2 Å². The SMILES string of the molecule is CC(C)C(=O)Nc1ccc(C(=O)[C@H](C)OC(=O)Cc2ccccc2F)cc1. The number of amides is 1. The van der Waals surface area contributed by atoms with Gasteiger partial charge in [-0.25, -0.2) is 4.39 Å². The first-order valence-corrected chi connectivity index (χ1v) is 8.66. The second-order valence-corrected chi connectivity index (χ2v) is 6.49. The lowest BCUT2D eigenvalue weighted by atomic mass is 10.1. The first-order chi connectivity index (χ1) is 12.8. The fourth-order valence-corrected chi connectivity index (χ4v) is 2.33. The number of carbonyl (C=O) groups is 3. The van der Waals surface area contributed by atoms with Crippen molar-refractivity contribution in [1.82, 2.24) is 0 Å². The van der Waals surface area contributed by atoms with Crippen LogP contribution in [-0.4, -0.2) is 23.8 Å². The monoisotopic (exact) mass is 371 g/mol. The Labute approximate surface area is 157 Å². The van der Waals surface area contributed by atoms with Crippen LogP contribution < -0.4 is 5.32 Å². The summed E-state index contributed by atoms with van der Waals surface area (Å²) in [6.07, 6.45) is -1.25. The van der Waals surface area contributed by atoms with Gasteiger partial charge in [-0.1, -0.05) is 32.0 Å². The molecule has 2 rings (SSSR count). The number of ether oxygens (including phenoxy) is 1. The molecule has 5 nitrogen and oxygen atoms in total. The second kappa shape index (κ2) is 9.07. The molecule has 27 heavy (non-hydrogen) atoms. The summed E-state index contributed by atoms with van der Waals surface area (Å²) >= 11 is 0. The maximum absolute atomic E-state index is 13.6. The number of halogens is 1. The zero-order valence-electron chi connectivity index (χ0n) is 15.5. The van der Waals surface area contributed by atoms with Crippen molar-refractivity contribution in [3.8, 4) is 0 Å². The van der Waals surface area contributed by atoms with Crippen LogP contribution in [0.3, 0.4) is 0 Å². The summed E-state index contributed by atoms with van der Waals surface area (Å²) in [5, 5.41) is 2.73. The molecular weight excluding hydrogens is 349 g/mol. The molecule has 0 heterocycles. The summed E-state index contributed by atoms with van der Waals surface area (Å²) in [4.78, 5) is 36.0. The number of anilines is 1. The van der Waals surface area contributed by atoms with E-state index < -0.39 is 17.9 Å². The fraction of sp³-hybridized carbons (Fsp3) is 0.286. The number of Topliss-reactive ketones (excluding diaryl/α,β-unsaturated/α-hetero) is 1. The Kier molecular flexibility index (Phi) is 6.82. The Morgan fingerprint density at radius 3 is 2.22 bits per heavy atom. The van der Waals surface area contributed by atoms with Crippen LogP contribution in [0.25, 0.3) is 0 Å². The normalized spacial score (nSPS) is 11.7. The lowest BCUT2D eigenvalue weighted by Gasteiger charge is -2.13. The van der Waals surface area contributed by atoms with Crippen LogP contribution in [-0.2, 0) is 20.7 Å². The molecule has 2 aromatic carbocycles. The van der Waals surface area contributed by atoms with E-state index in [1.165, 1.54) is 25.1 Å². The van der Waals surface area contributed by atoms with Gasteiger partial charge in [0.05, 0.1) is 6.42 Å². The van der Waals surface area contributed by atoms with Crippen molar-refractivity contribution in [2.75, 3.05) is 5.32 Å². The van der Waals surface area contributed by atoms with Crippen LogP contribution in [0.5, 0.6) is 0 Å². The van der Waals surface area contributed by atoms with E-state index >= 15 is 0 Å². The lowest BCUT2D eigenvalue weighted by Crippen LogP contribution is -2.25. The van der Waals surface area contributed by atoms with Gasteiger partial charge in [0.2, 0.25) is 11.7 Å². The van der Waals surface area contributed by atoms with E-state index in [0.717, 1.165) is 0 Å². The number of ketones is 1. The average Bonchev–Trinajstić information content (AvgIpc) is 2.63. The Morgan fingerprint density at radius 1 is 1.00 bits per heavy atom. The van der Waals surface area contributed by atoms with Crippen LogP contribution in [0.1, 0.15) is 36.7 Å². The molecule has 0 saturated heterocycles. The summed E-state index contributed by atoms with van der Waals surface area (Å²) in [6, 6.07) is 12.2. The van der Waals surface area contributed by atoms with Crippen molar-refractivity contribution < 1.29 is 23.5 Å². The second-order valence-electron chi connectivity index (χ2n) is 6.49. The predicted molar refractivity (Wildman–Crippen MR) is 99.9 cm³/mol. The summed E-state index contributed by atoms with van der Waals surface area (Å²) in [5.41, 5.74) is 1.14. The van der Waals surface area contributed by atoms with Crippen LogP contribution >= 0.6 is 0 Å². The molecule has 0 bridgehead atoms. The number of benzene rings is 2. The van der Waals surface area contributed by atoms with Crippen LogP contribution in [0.15, 0.2) is 48.5 Å². The number of carbonyl (C=O) groups excluding carboxylic acids is 3. The molecule has 0 aliphatic carbocycles. The molecule has 0 aliphatic heterocycles. The average molecular weight is 371 g/mol. The Balaban J connectivity index is 1.95. The number of esters is 1. The van der Waals surface area contributed by atoms with Gasteiger partial charge in [-0.3, -0.25) is 14.4 Å². The van der Waals surface area contributed by atoms with Crippen LogP contribution in [0.4, 0.5) is 10.1 Å². The van der Waals surface area contributed by atoms with Gasteiger partial charge in [-0.2, -0.15) is 0 Å². The fourth-order valence-electron chi connectivity index (χ4n) is 2.33. The van der Waals surface area contributed by atoms with Crippen molar-refractivity contribution in [3.05, 3.63) is 65.5 Å². The van der Waals surface area contributed by atoms with Gasteiger partial charge in [0.15, 0.2) is 6.10 Å². The first-order valence-electron chi connectivity index (χ1n) is 8.66. The van der Waals surface area contributed by atoms with E-state index in [2.05, 4.69) is 5.32 Å². The van der Waals surface area contributed by atoms with E-state index in [-0.39, 0.29) is 29.6 Å². The molecule has 0 spiro atoms. The van der Waals surface area contributed by atoms with Gasteiger partial charge in [0.25, 0.3) is 0 Å². The largest absolute Gasteiger partial charge is 0.454 e. The van der Waals surface area contributed by atoms with E-state index in [4.69, 9.17) is 4.74 Å². The number of hydrogen-bond donors (Lipinski definition) is 1. The van der Waals surface area contributed by atoms with Gasteiger partial charge >= 0.3 is 5.97 Å². The highest BCUT2D eigenvalue weighted by atomic mass is 19.1. The van der Waals surface area contributed by atoms with Crippen molar-refractivity contribution >= 4 is 23.3 Å². The molecule has 0 unspecified atom stereocenters. The van der Waals surface area contributed by atoms with Crippen molar-refractivity contribution in [3.63, 3.8) is 0 Å². The van der Waals surface area contributed by atoms with E-state index in [1.807, 2.05) is 0 Å². The maximum Gasteiger partial charge on any atom is 0.311 e. The highest BCUT2D eigenvalue weighted by Gasteiger charge is 2.20. The Morgan fingerprint density at radius 2 is 1.63 bits per heavy atom. The van der Waals surface area contributed by atoms with Gasteiger partial charge in [-0.05, 0) is 42.8 Å². The molecular formula is C21H22FNO4. The Hall–Kier alpha value is -3.02. The molecule has 1 N–H and O–H groups in total. The molecule has 1 atom stereocenters. The lowest BCUT2D eigenvalue weighted by molar-refractivity contribution is -0.145. The predicted octanol–water partition coefficient (Wildman–Crippen LogP) is 3.78. The quantitative estimate of drug-likeness (QED) is 0.594. The minimum absolute atomic E-state index is 0.121. The zero-order valence-corrected chi connectivity index (χ0v) is 15.5. The highest BCUT2D eigenvalue weighted by Crippen LogP contribution is 2.14. The van der Waals surface area contributed by atoms with E-state index in [9.17, 15) is 18.8 Å². The summed E-state index contributed by atoms with van der Waals surface area (Å²) in [6.45, 7) is 5.03. The third-order valence-electron chi connectivity index (χ3n) is 3.93. The Bertz CT molecular complexity index is 830. The molecule has 0 aromatic heterocycles. The van der Waals surface area contributed by atoms with Crippen molar-refractivity contribution in [1.29, 1.82) is 0 Å². The standard InChI is InChI=1S/C21H22FNO4/c1-13(2)21(26)23-17-10-8-15(9-11-17)20(25)14(3)27-19(24)12-16-6-4-5-7-18(16)22/h4-11,13-14H,12H2,1-3H3,(H,23,26)/t14-/m0/s1. The molecule has 0 aliphatic rings. The van der Waals surface area contributed by atoms with Gasteiger partial charge in [-0.15, -0.1) is 0 Å². The third-order valence-corrected chi connectivity index (χ3v) is 3.93. The summed E-state index contributed by atoms with van der Waals surface area (Å²) < 4.78 is 18.7. The van der Waals surface area contributed by atoms with Crippen LogP contribution in [0, 0.1) is 11.7 Å². The maximum atomic E-state index is 13.6. The van der Waals surface area contributed by atoms with Gasteiger partial charge in [0, 0.05) is 17.2 Å². The number of rotatable bonds is 7. The third kappa shape index (κ3) is 5.74. The number of nitrogens with one attached hydrogen (secondary N) is 1. The van der Waals surface area contributed by atoms with Crippen LogP contribution in [0.2, 0.25) is 0 Å². The minimum Gasteiger partial charge on any atom is -0.454 e. The molecule has 2 aromatic rings. The van der Waals surface area contributed by atoms with Gasteiger partial charge < -0.3 is 10.1 Å².